The van der Waals surface area contributed by atoms with Crippen LogP contribution in [0.25, 0.3) is 0 Å². The minimum absolute atomic E-state index is 0.0582. The molecule has 40 heavy (non-hydrogen) atoms. The number of amides is 1. The number of benzene rings is 2. The zero-order valence-corrected chi connectivity index (χ0v) is 22.9. The molecule has 0 saturated carbocycles. The zero-order chi connectivity index (χ0) is 29.3. The van der Waals surface area contributed by atoms with Crippen LogP contribution < -0.4 is 20.4 Å². The average molecular weight is 583 g/mol. The SMILES string of the molecule is CC(OC(O)C(C)(C)C)OC1(CN2C(=O)/C(=N\NC(=S)Nc3ccccc3)c3cc(OC(F)(F)F)ccc32)CO1. The minimum Gasteiger partial charge on any atom is -0.406 e. The highest BCUT2D eigenvalue weighted by Crippen LogP contribution is 2.39. The number of hydrazone groups is 1. The van der Waals surface area contributed by atoms with Gasteiger partial charge in [-0.3, -0.25) is 10.2 Å². The molecule has 2 aliphatic rings. The Hall–Kier alpha value is -3.30. The van der Waals surface area contributed by atoms with Crippen molar-refractivity contribution in [2.75, 3.05) is 23.4 Å². The monoisotopic (exact) mass is 582 g/mol. The third-order valence-electron chi connectivity index (χ3n) is 5.80. The number of epoxide rings is 1. The van der Waals surface area contributed by atoms with Gasteiger partial charge in [0.1, 0.15) is 12.4 Å². The number of hydrogen-bond donors (Lipinski definition) is 3. The number of hydrogen-bond acceptors (Lipinski definition) is 8. The van der Waals surface area contributed by atoms with Crippen molar-refractivity contribution in [3.05, 3.63) is 54.1 Å². The maximum absolute atomic E-state index is 13.5. The molecule has 1 saturated heterocycles. The third-order valence-corrected chi connectivity index (χ3v) is 6.00. The van der Waals surface area contributed by atoms with Crippen LogP contribution in [0.1, 0.15) is 33.3 Å². The Morgan fingerprint density at radius 2 is 1.90 bits per heavy atom. The first kappa shape index (κ1) is 29.7. The number of thiocarbonyl (C=S) groups is 1. The van der Waals surface area contributed by atoms with Gasteiger partial charge in [-0.15, -0.1) is 13.2 Å². The van der Waals surface area contributed by atoms with Gasteiger partial charge in [0, 0.05) is 16.7 Å². The summed E-state index contributed by atoms with van der Waals surface area (Å²) in [7, 11) is 0. The topological polar surface area (TPSA) is 117 Å². The lowest BCUT2D eigenvalue weighted by molar-refractivity contribution is -0.278. The van der Waals surface area contributed by atoms with Crippen molar-refractivity contribution in [3.63, 3.8) is 0 Å². The van der Waals surface area contributed by atoms with E-state index in [4.69, 9.17) is 26.4 Å². The van der Waals surface area contributed by atoms with E-state index in [0.717, 1.165) is 12.1 Å². The van der Waals surface area contributed by atoms with E-state index in [-0.39, 0.29) is 35.2 Å². The summed E-state index contributed by atoms with van der Waals surface area (Å²) in [6.45, 7) is 6.96. The Morgan fingerprint density at radius 3 is 2.50 bits per heavy atom. The first-order valence-electron chi connectivity index (χ1n) is 12.2. The number of aliphatic hydroxyl groups excluding tert-OH is 1. The summed E-state index contributed by atoms with van der Waals surface area (Å²) >= 11 is 5.24. The van der Waals surface area contributed by atoms with Crippen molar-refractivity contribution < 1.29 is 42.0 Å². The zero-order valence-electron chi connectivity index (χ0n) is 22.1. The molecule has 0 spiro atoms. The van der Waals surface area contributed by atoms with Crippen molar-refractivity contribution in [1.29, 1.82) is 0 Å². The maximum Gasteiger partial charge on any atom is 0.573 e. The Bertz CT molecular complexity index is 1280. The number of rotatable bonds is 9. The summed E-state index contributed by atoms with van der Waals surface area (Å²) in [6.07, 6.45) is -6.95. The van der Waals surface area contributed by atoms with Gasteiger partial charge in [0.2, 0.25) is 5.79 Å². The number of carbonyl (C=O) groups excluding carboxylic acids is 1. The van der Waals surface area contributed by atoms with Crippen LogP contribution in [0.3, 0.4) is 0 Å². The lowest BCUT2D eigenvalue weighted by Gasteiger charge is -2.30. The van der Waals surface area contributed by atoms with Gasteiger partial charge in [0.15, 0.2) is 23.4 Å². The van der Waals surface area contributed by atoms with Gasteiger partial charge in [-0.2, -0.15) is 5.10 Å². The number of aliphatic hydroxyl groups is 1. The summed E-state index contributed by atoms with van der Waals surface area (Å²) in [5.41, 5.74) is 2.83. The van der Waals surface area contributed by atoms with Crippen molar-refractivity contribution in [1.82, 2.24) is 5.43 Å². The van der Waals surface area contributed by atoms with Gasteiger partial charge in [-0.25, -0.2) is 0 Å². The highest BCUT2D eigenvalue weighted by molar-refractivity contribution is 7.80. The van der Waals surface area contributed by atoms with E-state index in [1.807, 2.05) is 6.07 Å². The molecule has 2 heterocycles. The number of carbonyl (C=O) groups is 1. The van der Waals surface area contributed by atoms with Crippen molar-refractivity contribution >= 4 is 40.3 Å². The molecule has 1 fully saturated rings. The summed E-state index contributed by atoms with van der Waals surface area (Å²) in [6, 6.07) is 12.4. The third kappa shape index (κ3) is 7.46. The highest BCUT2D eigenvalue weighted by Gasteiger charge is 2.52. The van der Waals surface area contributed by atoms with Crippen LogP contribution in [-0.4, -0.2) is 59.7 Å². The number of para-hydroxylation sites is 1. The van der Waals surface area contributed by atoms with E-state index in [1.54, 1.807) is 52.0 Å². The van der Waals surface area contributed by atoms with E-state index in [9.17, 15) is 23.1 Å². The fraction of sp³-hybridized carbons (Fsp3) is 0.423. The molecule has 2 aliphatic heterocycles. The predicted molar refractivity (Wildman–Crippen MR) is 144 cm³/mol. The van der Waals surface area contributed by atoms with Crippen LogP contribution in [0, 0.1) is 5.41 Å². The fourth-order valence-corrected chi connectivity index (χ4v) is 3.94. The number of nitrogens with one attached hydrogen (secondary N) is 2. The highest BCUT2D eigenvalue weighted by atomic mass is 32.1. The van der Waals surface area contributed by atoms with Gasteiger partial charge in [0.05, 0.1) is 12.2 Å². The Balaban J connectivity index is 1.55. The van der Waals surface area contributed by atoms with Crippen molar-refractivity contribution in [2.24, 2.45) is 10.5 Å². The first-order valence-corrected chi connectivity index (χ1v) is 12.6. The second-order valence-electron chi connectivity index (χ2n) is 10.2. The van der Waals surface area contributed by atoms with E-state index < -0.39 is 41.8 Å². The van der Waals surface area contributed by atoms with Crippen LogP contribution in [0.15, 0.2) is 53.6 Å². The number of halogens is 3. The molecule has 14 heteroatoms. The molecule has 2 aromatic carbocycles. The fourth-order valence-electron chi connectivity index (χ4n) is 3.78. The largest absolute Gasteiger partial charge is 0.573 e. The van der Waals surface area contributed by atoms with Crippen molar-refractivity contribution in [3.8, 4) is 5.75 Å². The van der Waals surface area contributed by atoms with Crippen LogP contribution in [0.4, 0.5) is 24.5 Å². The van der Waals surface area contributed by atoms with Gasteiger partial charge < -0.3 is 34.3 Å². The molecule has 0 aromatic heterocycles. The Labute approximate surface area is 234 Å². The second kappa shape index (κ2) is 11.3. The maximum atomic E-state index is 13.5. The quantitative estimate of drug-likeness (QED) is 0.174. The predicted octanol–water partition coefficient (Wildman–Crippen LogP) is 4.09. The molecule has 3 N–H and O–H groups in total. The smallest absolute Gasteiger partial charge is 0.406 e. The molecule has 3 unspecified atom stereocenters. The molecular weight excluding hydrogens is 553 g/mol. The molecule has 2 aromatic rings. The molecule has 1 amide bonds. The van der Waals surface area contributed by atoms with E-state index in [0.29, 0.717) is 5.69 Å². The van der Waals surface area contributed by atoms with Crippen LogP contribution in [0.5, 0.6) is 5.75 Å². The number of alkyl halides is 3. The summed E-state index contributed by atoms with van der Waals surface area (Å²) < 4.78 is 59.6. The molecule has 4 rings (SSSR count). The second-order valence-corrected chi connectivity index (χ2v) is 10.7. The average Bonchev–Trinajstić information content (AvgIpc) is 3.55. The van der Waals surface area contributed by atoms with Gasteiger partial charge in [-0.05, 0) is 49.5 Å². The van der Waals surface area contributed by atoms with Crippen LogP contribution in [0.2, 0.25) is 0 Å². The number of ether oxygens (including phenoxy) is 4. The summed E-state index contributed by atoms with van der Waals surface area (Å²) in [5, 5.41) is 17.3. The number of fused-ring (bicyclic) bond motifs is 1. The van der Waals surface area contributed by atoms with E-state index in [1.165, 1.54) is 11.0 Å². The Kier molecular flexibility index (Phi) is 8.38. The summed E-state index contributed by atoms with van der Waals surface area (Å²) in [4.78, 5) is 14.8. The van der Waals surface area contributed by atoms with Gasteiger partial charge in [0.25, 0.3) is 5.91 Å². The standard InChI is InChI=1S/C26H29F3N4O6S/c1-15(37-22(35)24(2,3)4)38-25(14-36-25)13-33-19-11-10-17(39-26(27,28)29)12-18(19)20(21(33)34)31-32-23(40)30-16-8-6-5-7-9-16/h5-12,15,22,35H,13-14H2,1-4H3,(H2,30,32,40)/b31-20-. The number of nitrogens with zero attached hydrogens (tertiary/aromatic N) is 2. The molecule has 0 aliphatic carbocycles. The number of anilines is 2. The van der Waals surface area contributed by atoms with Gasteiger partial charge in [-0.1, -0.05) is 39.0 Å². The lowest BCUT2D eigenvalue weighted by atomic mass is 9.96. The van der Waals surface area contributed by atoms with E-state index in [2.05, 4.69) is 20.6 Å². The van der Waals surface area contributed by atoms with Crippen LogP contribution in [-0.2, 0) is 19.0 Å². The molecular formula is C26H29F3N4O6S. The molecule has 216 valence electrons. The van der Waals surface area contributed by atoms with E-state index >= 15 is 0 Å². The van der Waals surface area contributed by atoms with Gasteiger partial charge >= 0.3 is 6.36 Å². The normalized spacial score (nSPS) is 21.1. The summed E-state index contributed by atoms with van der Waals surface area (Å²) in [5.74, 6) is -2.40. The molecule has 10 nitrogen and oxygen atoms in total. The van der Waals surface area contributed by atoms with Crippen LogP contribution >= 0.6 is 12.2 Å². The Morgan fingerprint density at radius 1 is 1.23 bits per heavy atom. The minimum atomic E-state index is -4.93. The molecule has 0 bridgehead atoms. The molecule has 3 atom stereocenters. The van der Waals surface area contributed by atoms with Crippen molar-refractivity contribution in [2.45, 2.75) is 52.4 Å². The first-order chi connectivity index (χ1) is 18.7. The lowest BCUT2D eigenvalue weighted by Crippen LogP contribution is -2.43. The molecule has 0 radical (unpaired) electrons.